The Morgan fingerprint density at radius 2 is 1.69 bits per heavy atom. The number of carbonyl (C=O) groups is 2. The fourth-order valence-electron chi connectivity index (χ4n) is 3.02. The second kappa shape index (κ2) is 6.95. The van der Waals surface area contributed by atoms with Crippen LogP contribution in [0.15, 0.2) is 48.5 Å². The predicted octanol–water partition coefficient (Wildman–Crippen LogP) is 2.78. The molecule has 7 nitrogen and oxygen atoms in total. The number of anilines is 1. The van der Waals surface area contributed by atoms with Gasteiger partial charge in [0.1, 0.15) is 6.04 Å². The van der Waals surface area contributed by atoms with Gasteiger partial charge >= 0.3 is 0 Å². The summed E-state index contributed by atoms with van der Waals surface area (Å²) < 4.78 is 0. The number of nitro benzene ring substituents is 1. The van der Waals surface area contributed by atoms with Crippen LogP contribution in [-0.2, 0) is 4.79 Å². The third kappa shape index (κ3) is 3.28. The normalized spacial score (nSPS) is 17.3. The van der Waals surface area contributed by atoms with Gasteiger partial charge in [-0.15, -0.1) is 0 Å². The Morgan fingerprint density at radius 3 is 2.27 bits per heavy atom. The highest BCUT2D eigenvalue weighted by Crippen LogP contribution is 2.24. The molecule has 1 aliphatic rings. The standard InChI is InChI=1S/C19H19N3O4/c1-13-3-5-15(6-4-13)19(24)20-11-12-21(18(23)14(20)2)16-7-9-17(10-8-16)22(25)26/h3-10,14H,11-12H2,1-2H3/t14-/m1/s1. The molecular weight excluding hydrogens is 334 g/mol. The van der Waals surface area contributed by atoms with Gasteiger partial charge in [-0.05, 0) is 38.1 Å². The van der Waals surface area contributed by atoms with Crippen molar-refractivity contribution >= 4 is 23.2 Å². The highest BCUT2D eigenvalue weighted by Gasteiger charge is 2.35. The molecule has 1 heterocycles. The molecule has 0 aromatic heterocycles. The van der Waals surface area contributed by atoms with E-state index in [0.717, 1.165) is 5.56 Å². The second-order valence-electron chi connectivity index (χ2n) is 6.30. The number of rotatable bonds is 3. The number of amides is 2. The molecule has 0 spiro atoms. The van der Waals surface area contributed by atoms with E-state index in [1.54, 1.807) is 41.0 Å². The van der Waals surface area contributed by atoms with Crippen molar-refractivity contribution < 1.29 is 14.5 Å². The van der Waals surface area contributed by atoms with Crippen molar-refractivity contribution in [2.75, 3.05) is 18.0 Å². The van der Waals surface area contributed by atoms with Gasteiger partial charge in [-0.1, -0.05) is 17.7 Å². The lowest BCUT2D eigenvalue weighted by molar-refractivity contribution is -0.384. The summed E-state index contributed by atoms with van der Waals surface area (Å²) in [6.07, 6.45) is 0. The average Bonchev–Trinajstić information content (AvgIpc) is 2.64. The zero-order valence-corrected chi connectivity index (χ0v) is 14.6. The molecule has 2 aromatic carbocycles. The lowest BCUT2D eigenvalue weighted by Crippen LogP contribution is -2.57. The van der Waals surface area contributed by atoms with E-state index in [4.69, 9.17) is 0 Å². The van der Waals surface area contributed by atoms with Crippen molar-refractivity contribution in [1.82, 2.24) is 4.90 Å². The van der Waals surface area contributed by atoms with E-state index in [-0.39, 0.29) is 17.5 Å². The van der Waals surface area contributed by atoms with Crippen LogP contribution in [0.4, 0.5) is 11.4 Å². The first-order chi connectivity index (χ1) is 12.4. The fourth-order valence-corrected chi connectivity index (χ4v) is 3.02. The van der Waals surface area contributed by atoms with Gasteiger partial charge in [0.25, 0.3) is 11.6 Å². The van der Waals surface area contributed by atoms with Crippen molar-refractivity contribution in [2.45, 2.75) is 19.9 Å². The Hall–Kier alpha value is -3.22. The molecule has 1 aliphatic heterocycles. The van der Waals surface area contributed by atoms with Gasteiger partial charge < -0.3 is 9.80 Å². The van der Waals surface area contributed by atoms with Crippen LogP contribution in [0.25, 0.3) is 0 Å². The zero-order chi connectivity index (χ0) is 18.8. The molecular formula is C19H19N3O4. The summed E-state index contributed by atoms with van der Waals surface area (Å²) >= 11 is 0. The van der Waals surface area contributed by atoms with Crippen molar-refractivity contribution in [3.63, 3.8) is 0 Å². The lowest BCUT2D eigenvalue weighted by Gasteiger charge is -2.39. The monoisotopic (exact) mass is 353 g/mol. The first-order valence-electron chi connectivity index (χ1n) is 8.32. The quantitative estimate of drug-likeness (QED) is 0.627. The number of nitro groups is 1. The minimum atomic E-state index is -0.604. The third-order valence-electron chi connectivity index (χ3n) is 4.59. The van der Waals surface area contributed by atoms with Crippen LogP contribution in [0.1, 0.15) is 22.8 Å². The molecule has 26 heavy (non-hydrogen) atoms. The van der Waals surface area contributed by atoms with E-state index in [9.17, 15) is 19.7 Å². The minimum Gasteiger partial charge on any atom is -0.325 e. The first kappa shape index (κ1) is 17.6. The topological polar surface area (TPSA) is 83.8 Å². The third-order valence-corrected chi connectivity index (χ3v) is 4.59. The Kier molecular flexibility index (Phi) is 4.71. The molecule has 0 N–H and O–H groups in total. The smallest absolute Gasteiger partial charge is 0.269 e. The molecule has 2 amide bonds. The SMILES string of the molecule is Cc1ccc(C(=O)N2CCN(c3ccc([N+](=O)[O-])cc3)C(=O)[C@H]2C)cc1. The Balaban J connectivity index is 1.76. The summed E-state index contributed by atoms with van der Waals surface area (Å²) in [4.78, 5) is 38.9. The van der Waals surface area contributed by atoms with Crippen molar-refractivity contribution in [3.05, 3.63) is 69.8 Å². The molecule has 134 valence electrons. The summed E-state index contributed by atoms with van der Waals surface area (Å²) in [6, 6.07) is 12.5. The zero-order valence-electron chi connectivity index (χ0n) is 14.6. The van der Waals surface area contributed by atoms with Gasteiger partial charge in [-0.25, -0.2) is 0 Å². The molecule has 7 heteroatoms. The molecule has 0 unspecified atom stereocenters. The molecule has 1 fully saturated rings. The second-order valence-corrected chi connectivity index (χ2v) is 6.30. The summed E-state index contributed by atoms with van der Waals surface area (Å²) in [5, 5.41) is 10.8. The number of hydrogen-bond donors (Lipinski definition) is 0. The number of nitrogens with zero attached hydrogens (tertiary/aromatic N) is 3. The number of aryl methyl sites for hydroxylation is 1. The number of benzene rings is 2. The van der Waals surface area contributed by atoms with E-state index in [0.29, 0.717) is 24.3 Å². The number of carbonyl (C=O) groups excluding carboxylic acids is 2. The van der Waals surface area contributed by atoms with Gasteiger partial charge in [0.2, 0.25) is 5.91 Å². The van der Waals surface area contributed by atoms with Crippen molar-refractivity contribution in [1.29, 1.82) is 0 Å². The molecule has 0 bridgehead atoms. The largest absolute Gasteiger partial charge is 0.325 e. The van der Waals surface area contributed by atoms with Crippen molar-refractivity contribution in [3.8, 4) is 0 Å². The fraction of sp³-hybridized carbons (Fsp3) is 0.263. The maximum Gasteiger partial charge on any atom is 0.269 e. The number of hydrogen-bond acceptors (Lipinski definition) is 4. The lowest BCUT2D eigenvalue weighted by atomic mass is 10.1. The van der Waals surface area contributed by atoms with Crippen molar-refractivity contribution in [2.24, 2.45) is 0 Å². The van der Waals surface area contributed by atoms with Crippen LogP contribution >= 0.6 is 0 Å². The molecule has 0 saturated carbocycles. The maximum atomic E-state index is 12.7. The maximum absolute atomic E-state index is 12.7. The summed E-state index contributed by atoms with van der Waals surface area (Å²) in [5.41, 5.74) is 2.19. The highest BCUT2D eigenvalue weighted by atomic mass is 16.6. The Labute approximate surface area is 151 Å². The van der Waals surface area contributed by atoms with Crippen LogP contribution in [0.2, 0.25) is 0 Å². The molecule has 1 saturated heterocycles. The van der Waals surface area contributed by atoms with Crippen LogP contribution in [0.3, 0.4) is 0 Å². The Morgan fingerprint density at radius 1 is 1.08 bits per heavy atom. The van der Waals surface area contributed by atoms with Gasteiger partial charge in [0.05, 0.1) is 4.92 Å². The van der Waals surface area contributed by atoms with Crippen LogP contribution in [0, 0.1) is 17.0 Å². The molecule has 2 aromatic rings. The number of piperazine rings is 1. The summed E-state index contributed by atoms with van der Waals surface area (Å²) in [5.74, 6) is -0.375. The Bertz CT molecular complexity index is 846. The van der Waals surface area contributed by atoms with E-state index >= 15 is 0 Å². The van der Waals surface area contributed by atoms with Crippen LogP contribution < -0.4 is 4.90 Å². The van der Waals surface area contributed by atoms with Gasteiger partial charge in [-0.3, -0.25) is 19.7 Å². The van der Waals surface area contributed by atoms with E-state index in [2.05, 4.69) is 0 Å². The van der Waals surface area contributed by atoms with Gasteiger partial charge in [0, 0.05) is 36.5 Å². The molecule has 0 radical (unpaired) electrons. The van der Waals surface area contributed by atoms with Crippen LogP contribution in [-0.4, -0.2) is 40.8 Å². The van der Waals surface area contributed by atoms with Crippen LogP contribution in [0.5, 0.6) is 0 Å². The highest BCUT2D eigenvalue weighted by molar-refractivity contribution is 6.03. The van der Waals surface area contributed by atoms with Gasteiger partial charge in [-0.2, -0.15) is 0 Å². The minimum absolute atomic E-state index is 0.0255. The first-order valence-corrected chi connectivity index (χ1v) is 8.32. The summed E-state index contributed by atoms with van der Waals surface area (Å²) in [6.45, 7) is 4.39. The van der Waals surface area contributed by atoms with Gasteiger partial charge in [0.15, 0.2) is 0 Å². The summed E-state index contributed by atoms with van der Waals surface area (Å²) in [7, 11) is 0. The number of non-ortho nitro benzene ring substituents is 1. The molecule has 0 aliphatic carbocycles. The van der Waals surface area contributed by atoms with E-state index < -0.39 is 11.0 Å². The predicted molar refractivity (Wildman–Crippen MR) is 97.1 cm³/mol. The van der Waals surface area contributed by atoms with E-state index in [1.165, 1.54) is 12.1 Å². The molecule has 3 rings (SSSR count). The average molecular weight is 353 g/mol. The molecule has 1 atom stereocenters. The van der Waals surface area contributed by atoms with E-state index in [1.807, 2.05) is 19.1 Å².